The largest absolute Gasteiger partial charge is 0.486 e. The van der Waals surface area contributed by atoms with Gasteiger partial charge >= 0.3 is 0 Å². The Morgan fingerprint density at radius 2 is 2.15 bits per heavy atom. The molecule has 102 valence electrons. The van der Waals surface area contributed by atoms with Crippen molar-refractivity contribution in [1.29, 1.82) is 0 Å². The van der Waals surface area contributed by atoms with Gasteiger partial charge in [-0.05, 0) is 30.0 Å². The Kier molecular flexibility index (Phi) is 3.23. The molecule has 0 fully saturated rings. The Morgan fingerprint density at radius 3 is 2.95 bits per heavy atom. The molecule has 0 radical (unpaired) electrons. The van der Waals surface area contributed by atoms with Crippen LogP contribution in [0.1, 0.15) is 11.4 Å². The number of thiophene rings is 1. The number of nitrogens with zero attached hydrogens (tertiary/aromatic N) is 2. The minimum absolute atomic E-state index is 0.153. The molecule has 2 heterocycles. The molecule has 2 N–H and O–H groups in total. The molecule has 4 nitrogen and oxygen atoms in total. The minimum Gasteiger partial charge on any atom is -0.486 e. The number of benzene rings is 1. The molecule has 0 aliphatic carbocycles. The molecule has 0 aliphatic rings. The van der Waals surface area contributed by atoms with Gasteiger partial charge in [0.1, 0.15) is 28.8 Å². The van der Waals surface area contributed by atoms with Crippen LogP contribution in [0.2, 0.25) is 0 Å². The van der Waals surface area contributed by atoms with Crippen molar-refractivity contribution >= 4 is 27.4 Å². The van der Waals surface area contributed by atoms with E-state index in [2.05, 4.69) is 9.97 Å². The third-order valence-corrected chi connectivity index (χ3v) is 3.72. The van der Waals surface area contributed by atoms with Crippen LogP contribution < -0.4 is 10.5 Å². The van der Waals surface area contributed by atoms with E-state index < -0.39 is 0 Å². The van der Waals surface area contributed by atoms with Crippen LogP contribution in [-0.4, -0.2) is 9.97 Å². The van der Waals surface area contributed by atoms with Crippen molar-refractivity contribution in [2.45, 2.75) is 13.5 Å². The van der Waals surface area contributed by atoms with Crippen LogP contribution in [0.4, 0.5) is 10.2 Å². The number of hydrogen-bond donors (Lipinski definition) is 1. The first-order valence-corrected chi connectivity index (χ1v) is 6.90. The first-order chi connectivity index (χ1) is 9.63. The number of aromatic nitrogens is 2. The number of halogens is 1. The second-order valence-corrected chi connectivity index (χ2v) is 5.26. The second-order valence-electron chi connectivity index (χ2n) is 4.36. The van der Waals surface area contributed by atoms with Crippen molar-refractivity contribution in [2.24, 2.45) is 0 Å². The topological polar surface area (TPSA) is 61.0 Å². The molecule has 20 heavy (non-hydrogen) atoms. The summed E-state index contributed by atoms with van der Waals surface area (Å²) in [6.07, 6.45) is 0. The molecule has 1 aromatic carbocycles. The zero-order valence-corrected chi connectivity index (χ0v) is 11.6. The predicted octanol–water partition coefficient (Wildman–Crippen LogP) is 3.30. The molecule has 2 aromatic heterocycles. The summed E-state index contributed by atoms with van der Waals surface area (Å²) < 4.78 is 18.9. The van der Waals surface area contributed by atoms with Crippen LogP contribution in [0.3, 0.4) is 0 Å². The minimum atomic E-state index is -0.295. The van der Waals surface area contributed by atoms with Gasteiger partial charge < -0.3 is 10.5 Å². The Bertz CT molecular complexity index is 772. The lowest BCUT2D eigenvalue weighted by Gasteiger charge is -2.07. The number of nitrogens with two attached hydrogens (primary N) is 1. The fourth-order valence-corrected chi connectivity index (χ4v) is 2.59. The molecule has 6 heteroatoms. The lowest BCUT2D eigenvalue weighted by Crippen LogP contribution is -2.04. The highest BCUT2D eigenvalue weighted by molar-refractivity contribution is 7.16. The average molecular weight is 289 g/mol. The average Bonchev–Trinajstić information content (AvgIpc) is 2.89. The summed E-state index contributed by atoms with van der Waals surface area (Å²) in [5, 5.41) is 2.76. The molecule has 0 spiro atoms. The van der Waals surface area contributed by atoms with Crippen LogP contribution in [0, 0.1) is 12.7 Å². The maximum Gasteiger partial charge on any atom is 0.169 e. The van der Waals surface area contributed by atoms with Gasteiger partial charge in [-0.1, -0.05) is 6.07 Å². The Labute approximate surface area is 119 Å². The quantitative estimate of drug-likeness (QED) is 0.803. The summed E-state index contributed by atoms with van der Waals surface area (Å²) in [5.74, 6) is 1.07. The molecular formula is C14H12FN3OS. The number of fused-ring (bicyclic) bond motifs is 1. The van der Waals surface area contributed by atoms with E-state index in [1.165, 1.54) is 17.4 Å². The predicted molar refractivity (Wildman–Crippen MR) is 77.3 cm³/mol. The third kappa shape index (κ3) is 2.42. The summed E-state index contributed by atoms with van der Waals surface area (Å²) in [5.41, 5.74) is 6.44. The number of aryl methyl sites for hydroxylation is 1. The Hall–Kier alpha value is -2.21. The molecule has 0 saturated carbocycles. The fourth-order valence-electron chi connectivity index (χ4n) is 1.80. The van der Waals surface area contributed by atoms with Gasteiger partial charge in [-0.25, -0.2) is 14.4 Å². The maximum atomic E-state index is 13.4. The Balaban J connectivity index is 1.80. The van der Waals surface area contributed by atoms with Crippen molar-refractivity contribution in [1.82, 2.24) is 9.97 Å². The van der Waals surface area contributed by atoms with E-state index in [9.17, 15) is 4.39 Å². The van der Waals surface area contributed by atoms with E-state index in [0.717, 1.165) is 10.2 Å². The van der Waals surface area contributed by atoms with Gasteiger partial charge in [0.2, 0.25) is 0 Å². The highest BCUT2D eigenvalue weighted by Crippen LogP contribution is 2.23. The van der Waals surface area contributed by atoms with Crippen LogP contribution in [0.5, 0.6) is 5.75 Å². The summed E-state index contributed by atoms with van der Waals surface area (Å²) in [6, 6.07) is 6.62. The summed E-state index contributed by atoms with van der Waals surface area (Å²) in [7, 11) is 0. The number of anilines is 1. The van der Waals surface area contributed by atoms with Gasteiger partial charge in [0, 0.05) is 6.07 Å². The Morgan fingerprint density at radius 1 is 1.30 bits per heavy atom. The molecule has 0 bridgehead atoms. The monoisotopic (exact) mass is 289 g/mol. The first kappa shape index (κ1) is 12.8. The van der Waals surface area contributed by atoms with E-state index in [4.69, 9.17) is 10.5 Å². The summed E-state index contributed by atoms with van der Waals surface area (Å²) in [4.78, 5) is 9.37. The second kappa shape index (κ2) is 5.05. The molecule has 0 atom stereocenters. The van der Waals surface area contributed by atoms with Crippen LogP contribution in [0.15, 0.2) is 29.6 Å². The third-order valence-electron chi connectivity index (χ3n) is 2.91. The lowest BCUT2D eigenvalue weighted by molar-refractivity contribution is 0.295. The molecule has 0 amide bonds. The van der Waals surface area contributed by atoms with E-state index in [1.807, 2.05) is 11.4 Å². The van der Waals surface area contributed by atoms with Crippen LogP contribution >= 0.6 is 11.3 Å². The van der Waals surface area contributed by atoms with E-state index in [0.29, 0.717) is 23.0 Å². The lowest BCUT2D eigenvalue weighted by atomic mass is 10.2. The van der Waals surface area contributed by atoms with Crippen LogP contribution in [0.25, 0.3) is 10.2 Å². The van der Waals surface area contributed by atoms with Gasteiger partial charge in [-0.15, -0.1) is 11.3 Å². The molecule has 0 unspecified atom stereocenters. The number of rotatable bonds is 3. The highest BCUT2D eigenvalue weighted by atomic mass is 32.1. The number of ether oxygens (including phenoxy) is 1. The normalized spacial score (nSPS) is 10.9. The van der Waals surface area contributed by atoms with Gasteiger partial charge in [0.05, 0.1) is 5.39 Å². The van der Waals surface area contributed by atoms with Gasteiger partial charge in [-0.3, -0.25) is 0 Å². The van der Waals surface area contributed by atoms with Crippen molar-refractivity contribution in [2.75, 3.05) is 5.73 Å². The molecule has 0 aliphatic heterocycles. The molecule has 0 saturated heterocycles. The standard InChI is InChI=1S/C14H12FN3OS/c1-8-2-3-9(6-11(8)15)19-7-12-17-13(16)10-4-5-20-14(10)18-12/h2-6H,7H2,1H3,(H2,16,17,18). The fraction of sp³-hybridized carbons (Fsp3) is 0.143. The molecular weight excluding hydrogens is 277 g/mol. The SMILES string of the molecule is Cc1ccc(OCc2nc(N)c3ccsc3n2)cc1F. The van der Waals surface area contributed by atoms with Crippen molar-refractivity contribution in [3.05, 3.63) is 46.9 Å². The van der Waals surface area contributed by atoms with Crippen LogP contribution in [-0.2, 0) is 6.61 Å². The van der Waals surface area contributed by atoms with Gasteiger partial charge in [0.15, 0.2) is 5.82 Å². The van der Waals surface area contributed by atoms with E-state index in [1.54, 1.807) is 19.1 Å². The van der Waals surface area contributed by atoms with Gasteiger partial charge in [0.25, 0.3) is 0 Å². The van der Waals surface area contributed by atoms with E-state index >= 15 is 0 Å². The summed E-state index contributed by atoms with van der Waals surface area (Å²) in [6.45, 7) is 1.86. The van der Waals surface area contributed by atoms with Gasteiger partial charge in [-0.2, -0.15) is 0 Å². The smallest absolute Gasteiger partial charge is 0.169 e. The van der Waals surface area contributed by atoms with Crippen molar-refractivity contribution in [3.8, 4) is 5.75 Å². The molecule has 3 rings (SSSR count). The zero-order chi connectivity index (χ0) is 14.1. The number of nitrogen functional groups attached to an aromatic ring is 1. The number of hydrogen-bond acceptors (Lipinski definition) is 5. The van der Waals surface area contributed by atoms with Crippen molar-refractivity contribution in [3.63, 3.8) is 0 Å². The van der Waals surface area contributed by atoms with E-state index in [-0.39, 0.29) is 12.4 Å². The maximum absolute atomic E-state index is 13.4. The summed E-state index contributed by atoms with van der Waals surface area (Å²) >= 11 is 1.50. The zero-order valence-electron chi connectivity index (χ0n) is 10.8. The van der Waals surface area contributed by atoms with Crippen molar-refractivity contribution < 1.29 is 9.13 Å². The molecule has 3 aromatic rings. The first-order valence-electron chi connectivity index (χ1n) is 6.02. The highest BCUT2D eigenvalue weighted by Gasteiger charge is 2.07.